The number of hydrogen-bond donors (Lipinski definition) is 2. The first-order valence-corrected chi connectivity index (χ1v) is 6.78. The van der Waals surface area contributed by atoms with Crippen molar-refractivity contribution in [1.82, 2.24) is 4.90 Å². The number of rotatable bonds is 6. The number of carbonyl (C=O) groups is 2. The van der Waals surface area contributed by atoms with Gasteiger partial charge in [0.05, 0.1) is 12.0 Å². The Morgan fingerprint density at radius 1 is 1.37 bits per heavy atom. The van der Waals surface area contributed by atoms with Crippen LogP contribution >= 0.6 is 0 Å². The zero-order chi connectivity index (χ0) is 14.4. The van der Waals surface area contributed by atoms with E-state index in [1.807, 2.05) is 18.7 Å². The average Bonchev–Trinajstić information content (AvgIpc) is 2.37. The third kappa shape index (κ3) is 4.80. The van der Waals surface area contributed by atoms with E-state index in [0.29, 0.717) is 32.5 Å². The van der Waals surface area contributed by atoms with Crippen molar-refractivity contribution in [1.29, 1.82) is 0 Å². The van der Waals surface area contributed by atoms with E-state index in [4.69, 9.17) is 15.6 Å². The van der Waals surface area contributed by atoms with Crippen molar-refractivity contribution in [3.8, 4) is 0 Å². The van der Waals surface area contributed by atoms with Gasteiger partial charge in [-0.2, -0.15) is 0 Å². The average molecular weight is 272 g/mol. The Morgan fingerprint density at radius 3 is 2.37 bits per heavy atom. The van der Waals surface area contributed by atoms with Crippen molar-refractivity contribution in [3.63, 3.8) is 0 Å². The number of hydrogen-bond acceptors (Lipinski definition) is 4. The molecule has 1 fully saturated rings. The highest BCUT2D eigenvalue weighted by Crippen LogP contribution is 2.19. The van der Waals surface area contributed by atoms with E-state index in [1.165, 1.54) is 0 Å². The van der Waals surface area contributed by atoms with Crippen LogP contribution in [-0.2, 0) is 14.3 Å². The molecule has 0 aliphatic carbocycles. The molecule has 110 valence electrons. The summed E-state index contributed by atoms with van der Waals surface area (Å²) in [6.07, 6.45) is 1.32. The maximum Gasteiger partial charge on any atom is 0.329 e. The van der Waals surface area contributed by atoms with Crippen LogP contribution in [-0.4, -0.2) is 54.2 Å². The van der Waals surface area contributed by atoms with Crippen molar-refractivity contribution in [2.24, 2.45) is 17.6 Å². The van der Waals surface area contributed by atoms with Crippen LogP contribution < -0.4 is 5.73 Å². The molecule has 1 aliphatic heterocycles. The lowest BCUT2D eigenvalue weighted by atomic mass is 9.93. The fourth-order valence-electron chi connectivity index (χ4n) is 2.32. The van der Waals surface area contributed by atoms with Crippen LogP contribution in [0.25, 0.3) is 0 Å². The Bertz CT molecular complexity index is 312. The van der Waals surface area contributed by atoms with Crippen molar-refractivity contribution in [2.45, 2.75) is 32.8 Å². The summed E-state index contributed by atoms with van der Waals surface area (Å²) >= 11 is 0. The predicted octanol–water partition coefficient (Wildman–Crippen LogP) is 0.310. The number of nitrogens with zero attached hydrogens (tertiary/aromatic N) is 1. The van der Waals surface area contributed by atoms with Gasteiger partial charge < -0.3 is 20.5 Å². The molecule has 1 amide bonds. The summed E-state index contributed by atoms with van der Waals surface area (Å²) in [6, 6.07) is 0. The van der Waals surface area contributed by atoms with Crippen molar-refractivity contribution in [3.05, 3.63) is 0 Å². The van der Waals surface area contributed by atoms with Crippen molar-refractivity contribution >= 4 is 11.9 Å². The molecule has 0 radical (unpaired) electrons. The molecule has 0 bridgehead atoms. The third-order valence-electron chi connectivity index (χ3n) is 3.57. The normalized spacial score (nSPS) is 18.6. The molecule has 1 saturated heterocycles. The molecule has 3 N–H and O–H groups in total. The lowest BCUT2D eigenvalue weighted by Gasteiger charge is -2.34. The molecule has 19 heavy (non-hydrogen) atoms. The van der Waals surface area contributed by atoms with E-state index in [9.17, 15) is 9.59 Å². The molecule has 1 heterocycles. The summed E-state index contributed by atoms with van der Waals surface area (Å²) in [7, 11) is 0. The zero-order valence-electron chi connectivity index (χ0n) is 11.7. The molecular formula is C13H24N2O4. The number of amides is 1. The fourth-order valence-corrected chi connectivity index (χ4v) is 2.32. The summed E-state index contributed by atoms with van der Waals surface area (Å²) in [4.78, 5) is 24.5. The van der Waals surface area contributed by atoms with Crippen LogP contribution in [0.15, 0.2) is 0 Å². The topological polar surface area (TPSA) is 92.9 Å². The lowest BCUT2D eigenvalue weighted by Crippen LogP contribution is -2.46. The van der Waals surface area contributed by atoms with Crippen LogP contribution in [0.3, 0.4) is 0 Å². The van der Waals surface area contributed by atoms with E-state index >= 15 is 0 Å². The Balaban J connectivity index is 2.40. The molecule has 6 nitrogen and oxygen atoms in total. The van der Waals surface area contributed by atoms with Crippen LogP contribution in [0.2, 0.25) is 0 Å². The molecule has 1 aliphatic rings. The first-order valence-electron chi connectivity index (χ1n) is 6.78. The van der Waals surface area contributed by atoms with Gasteiger partial charge in [0, 0.05) is 19.6 Å². The highest BCUT2D eigenvalue weighted by Gasteiger charge is 2.29. The minimum Gasteiger partial charge on any atom is -0.480 e. The molecule has 0 spiro atoms. The van der Waals surface area contributed by atoms with Gasteiger partial charge in [-0.15, -0.1) is 0 Å². The number of ether oxygens (including phenoxy) is 1. The van der Waals surface area contributed by atoms with Gasteiger partial charge in [-0.1, -0.05) is 13.8 Å². The summed E-state index contributed by atoms with van der Waals surface area (Å²) in [5.74, 6) is -0.745. The highest BCUT2D eigenvalue weighted by molar-refractivity contribution is 5.79. The Hall–Kier alpha value is -1.14. The number of likely N-dealkylation sites (tertiary alicyclic amines) is 1. The van der Waals surface area contributed by atoms with Gasteiger partial charge in [-0.05, 0) is 18.8 Å². The van der Waals surface area contributed by atoms with Gasteiger partial charge >= 0.3 is 5.97 Å². The van der Waals surface area contributed by atoms with Crippen molar-refractivity contribution in [2.75, 3.05) is 26.2 Å². The van der Waals surface area contributed by atoms with Crippen LogP contribution in [0, 0.1) is 11.8 Å². The number of carboxylic acid groups (broad SMARTS) is 1. The van der Waals surface area contributed by atoms with E-state index in [1.54, 1.807) is 0 Å². The zero-order valence-corrected chi connectivity index (χ0v) is 11.7. The molecule has 1 rings (SSSR count). The quantitative estimate of drug-likeness (QED) is 0.726. The Kier molecular flexibility index (Phi) is 6.24. The van der Waals surface area contributed by atoms with E-state index in [-0.39, 0.29) is 30.5 Å². The maximum atomic E-state index is 12.3. The standard InChI is InChI=1S/C13H24N2O4/c1-9(2)11(7-14)13(18)15-5-3-10(4-6-15)19-8-12(16)17/h9-11H,3-8,14H2,1-2H3,(H,16,17). The van der Waals surface area contributed by atoms with Gasteiger partial charge in [0.15, 0.2) is 0 Å². The molecule has 0 aromatic carbocycles. The summed E-state index contributed by atoms with van der Waals surface area (Å²) < 4.78 is 5.24. The number of aliphatic carboxylic acids is 1. The van der Waals surface area contributed by atoms with Gasteiger partial charge in [-0.3, -0.25) is 4.79 Å². The second-order valence-corrected chi connectivity index (χ2v) is 5.32. The summed E-state index contributed by atoms with van der Waals surface area (Å²) in [5, 5.41) is 8.55. The highest BCUT2D eigenvalue weighted by atomic mass is 16.5. The first-order chi connectivity index (χ1) is 8.95. The van der Waals surface area contributed by atoms with E-state index in [2.05, 4.69) is 0 Å². The molecule has 6 heteroatoms. The minimum atomic E-state index is -0.957. The molecule has 1 atom stereocenters. The SMILES string of the molecule is CC(C)C(CN)C(=O)N1CCC(OCC(=O)O)CC1. The summed E-state index contributed by atoms with van der Waals surface area (Å²) in [6.45, 7) is 5.33. The number of nitrogens with two attached hydrogens (primary N) is 1. The van der Waals surface area contributed by atoms with Crippen LogP contribution in [0.1, 0.15) is 26.7 Å². The van der Waals surface area contributed by atoms with E-state index in [0.717, 1.165) is 0 Å². The van der Waals surface area contributed by atoms with Crippen LogP contribution in [0.4, 0.5) is 0 Å². The second kappa shape index (κ2) is 7.45. The molecule has 0 aromatic rings. The Labute approximate surface area is 113 Å². The third-order valence-corrected chi connectivity index (χ3v) is 3.57. The first kappa shape index (κ1) is 15.9. The van der Waals surface area contributed by atoms with Crippen LogP contribution in [0.5, 0.6) is 0 Å². The number of piperidine rings is 1. The molecular weight excluding hydrogens is 248 g/mol. The maximum absolute atomic E-state index is 12.3. The second-order valence-electron chi connectivity index (χ2n) is 5.32. The molecule has 1 unspecified atom stereocenters. The lowest BCUT2D eigenvalue weighted by molar-refractivity contribution is -0.147. The number of carbonyl (C=O) groups excluding carboxylic acids is 1. The summed E-state index contributed by atoms with van der Waals surface area (Å²) in [5.41, 5.74) is 5.65. The predicted molar refractivity (Wildman–Crippen MR) is 70.6 cm³/mol. The minimum absolute atomic E-state index is 0.0597. The largest absolute Gasteiger partial charge is 0.480 e. The Morgan fingerprint density at radius 2 is 1.95 bits per heavy atom. The molecule has 0 saturated carbocycles. The van der Waals surface area contributed by atoms with Gasteiger partial charge in [-0.25, -0.2) is 4.79 Å². The van der Waals surface area contributed by atoms with Gasteiger partial charge in [0.2, 0.25) is 5.91 Å². The van der Waals surface area contributed by atoms with E-state index < -0.39 is 5.97 Å². The van der Waals surface area contributed by atoms with Gasteiger partial charge in [0.1, 0.15) is 6.61 Å². The van der Waals surface area contributed by atoms with Gasteiger partial charge in [0.25, 0.3) is 0 Å². The molecule has 0 aromatic heterocycles. The van der Waals surface area contributed by atoms with Crippen molar-refractivity contribution < 1.29 is 19.4 Å². The fraction of sp³-hybridized carbons (Fsp3) is 0.846. The monoisotopic (exact) mass is 272 g/mol. The smallest absolute Gasteiger partial charge is 0.329 e. The number of carboxylic acids is 1.